The molecule has 0 bridgehead atoms. The number of anilines is 1. The average Bonchev–Trinajstić information content (AvgIpc) is 2.16. The molecular weight excluding hydrogens is 174 g/mol. The second-order valence-electron chi connectivity index (χ2n) is 4.13. The number of ether oxygens (including phenoxy) is 1. The first kappa shape index (κ1) is 9.38. The fourth-order valence-corrected chi connectivity index (χ4v) is 1.92. The Kier molecular flexibility index (Phi) is 2.36. The van der Waals surface area contributed by atoms with Gasteiger partial charge in [0.2, 0.25) is 0 Å². The molecule has 1 aromatic rings. The van der Waals surface area contributed by atoms with E-state index in [-0.39, 0.29) is 0 Å². The van der Waals surface area contributed by atoms with Gasteiger partial charge < -0.3 is 10.1 Å². The van der Waals surface area contributed by atoms with Gasteiger partial charge in [-0.2, -0.15) is 0 Å². The minimum Gasteiger partial charge on any atom is -0.490 e. The molecule has 0 aliphatic carbocycles. The summed E-state index contributed by atoms with van der Waals surface area (Å²) in [6, 6.07) is 4.35. The summed E-state index contributed by atoms with van der Waals surface area (Å²) < 4.78 is 5.58. The molecule has 0 unspecified atom stereocenters. The summed E-state index contributed by atoms with van der Waals surface area (Å²) in [6.07, 6.45) is 0. The van der Waals surface area contributed by atoms with Gasteiger partial charge in [0.15, 0.2) is 0 Å². The molecule has 1 N–H and O–H groups in total. The molecule has 2 rings (SSSR count). The Morgan fingerprint density at radius 2 is 2.14 bits per heavy atom. The second kappa shape index (κ2) is 3.52. The molecule has 0 radical (unpaired) electrons. The van der Waals surface area contributed by atoms with Gasteiger partial charge in [-0.05, 0) is 36.1 Å². The predicted molar refractivity (Wildman–Crippen MR) is 59.3 cm³/mol. The molecule has 76 valence electrons. The lowest BCUT2D eigenvalue weighted by molar-refractivity contribution is 0.323. The summed E-state index contributed by atoms with van der Waals surface area (Å²) in [5.41, 5.74) is 3.87. The minimum atomic E-state index is 0.573. The third-order valence-electron chi connectivity index (χ3n) is 2.67. The van der Waals surface area contributed by atoms with E-state index in [2.05, 4.69) is 38.2 Å². The molecule has 0 aromatic heterocycles. The van der Waals surface area contributed by atoms with Crippen LogP contribution in [-0.2, 0) is 0 Å². The van der Waals surface area contributed by atoms with Crippen LogP contribution in [0.15, 0.2) is 12.1 Å². The van der Waals surface area contributed by atoms with E-state index < -0.39 is 0 Å². The van der Waals surface area contributed by atoms with E-state index in [1.54, 1.807) is 0 Å². The van der Waals surface area contributed by atoms with Crippen LogP contribution in [0.5, 0.6) is 5.75 Å². The molecule has 0 saturated carbocycles. The number of hydrogen-bond donors (Lipinski definition) is 1. The van der Waals surface area contributed by atoms with Gasteiger partial charge in [-0.15, -0.1) is 0 Å². The SMILES string of the molecule is Cc1cc2c(cc1C(C)C)NCCO2. The number of hydrogen-bond acceptors (Lipinski definition) is 2. The molecule has 0 spiro atoms. The zero-order valence-corrected chi connectivity index (χ0v) is 9.05. The molecule has 0 saturated heterocycles. The molecule has 2 nitrogen and oxygen atoms in total. The van der Waals surface area contributed by atoms with Gasteiger partial charge in [-0.3, -0.25) is 0 Å². The van der Waals surface area contributed by atoms with Crippen LogP contribution in [0.25, 0.3) is 0 Å². The van der Waals surface area contributed by atoms with Crippen LogP contribution in [-0.4, -0.2) is 13.2 Å². The maximum atomic E-state index is 5.58. The van der Waals surface area contributed by atoms with Crippen molar-refractivity contribution in [3.63, 3.8) is 0 Å². The summed E-state index contributed by atoms with van der Waals surface area (Å²) >= 11 is 0. The van der Waals surface area contributed by atoms with E-state index in [9.17, 15) is 0 Å². The first-order valence-electron chi connectivity index (χ1n) is 5.19. The van der Waals surface area contributed by atoms with Gasteiger partial charge in [0, 0.05) is 6.54 Å². The Hall–Kier alpha value is -1.18. The van der Waals surface area contributed by atoms with Crippen molar-refractivity contribution >= 4 is 5.69 Å². The first-order valence-corrected chi connectivity index (χ1v) is 5.19. The van der Waals surface area contributed by atoms with Crippen molar-refractivity contribution in [2.75, 3.05) is 18.5 Å². The summed E-state index contributed by atoms with van der Waals surface area (Å²) in [4.78, 5) is 0. The van der Waals surface area contributed by atoms with Crippen LogP contribution in [0.4, 0.5) is 5.69 Å². The Balaban J connectivity index is 2.45. The minimum absolute atomic E-state index is 0.573. The van der Waals surface area contributed by atoms with Gasteiger partial charge in [0.1, 0.15) is 12.4 Å². The highest BCUT2D eigenvalue weighted by atomic mass is 16.5. The quantitative estimate of drug-likeness (QED) is 0.737. The number of rotatable bonds is 1. The molecule has 1 aliphatic heterocycles. The van der Waals surface area contributed by atoms with Crippen molar-refractivity contribution in [1.82, 2.24) is 0 Å². The van der Waals surface area contributed by atoms with Crippen molar-refractivity contribution in [3.05, 3.63) is 23.3 Å². The highest BCUT2D eigenvalue weighted by Gasteiger charge is 2.13. The number of nitrogens with one attached hydrogen (secondary N) is 1. The van der Waals surface area contributed by atoms with Gasteiger partial charge in [-0.1, -0.05) is 13.8 Å². The van der Waals surface area contributed by atoms with Crippen molar-refractivity contribution in [2.24, 2.45) is 0 Å². The summed E-state index contributed by atoms with van der Waals surface area (Å²) in [5, 5.41) is 3.36. The lowest BCUT2D eigenvalue weighted by Gasteiger charge is -2.22. The van der Waals surface area contributed by atoms with Crippen molar-refractivity contribution in [1.29, 1.82) is 0 Å². The lowest BCUT2D eigenvalue weighted by Crippen LogP contribution is -2.18. The maximum Gasteiger partial charge on any atom is 0.142 e. The fourth-order valence-electron chi connectivity index (χ4n) is 1.92. The third-order valence-corrected chi connectivity index (χ3v) is 2.67. The molecule has 1 heterocycles. The van der Waals surface area contributed by atoms with Crippen LogP contribution in [0.2, 0.25) is 0 Å². The number of aryl methyl sites for hydroxylation is 1. The Labute approximate surface area is 85.3 Å². The predicted octanol–water partition coefficient (Wildman–Crippen LogP) is 2.92. The van der Waals surface area contributed by atoms with E-state index in [0.29, 0.717) is 5.92 Å². The molecule has 0 fully saturated rings. The van der Waals surface area contributed by atoms with Crippen LogP contribution < -0.4 is 10.1 Å². The van der Waals surface area contributed by atoms with E-state index in [0.717, 1.165) is 24.6 Å². The van der Waals surface area contributed by atoms with Crippen LogP contribution >= 0.6 is 0 Å². The zero-order valence-electron chi connectivity index (χ0n) is 9.05. The average molecular weight is 191 g/mol. The Bertz CT molecular complexity index is 344. The summed E-state index contributed by atoms with van der Waals surface area (Å²) in [7, 11) is 0. The van der Waals surface area contributed by atoms with Crippen LogP contribution in [0.1, 0.15) is 30.9 Å². The molecule has 2 heteroatoms. The van der Waals surface area contributed by atoms with Crippen molar-refractivity contribution in [2.45, 2.75) is 26.7 Å². The van der Waals surface area contributed by atoms with Gasteiger partial charge >= 0.3 is 0 Å². The maximum absolute atomic E-state index is 5.58. The highest BCUT2D eigenvalue weighted by molar-refractivity contribution is 5.61. The number of fused-ring (bicyclic) bond motifs is 1. The molecule has 0 atom stereocenters. The van der Waals surface area contributed by atoms with Crippen molar-refractivity contribution in [3.8, 4) is 5.75 Å². The summed E-state index contributed by atoms with van der Waals surface area (Å²) in [5.74, 6) is 1.57. The van der Waals surface area contributed by atoms with E-state index in [1.165, 1.54) is 11.1 Å². The third kappa shape index (κ3) is 1.57. The second-order valence-corrected chi connectivity index (χ2v) is 4.13. The lowest BCUT2D eigenvalue weighted by atomic mass is 9.97. The molecule has 14 heavy (non-hydrogen) atoms. The zero-order chi connectivity index (χ0) is 10.1. The van der Waals surface area contributed by atoms with Gasteiger partial charge in [-0.25, -0.2) is 0 Å². The molecule has 1 aromatic carbocycles. The van der Waals surface area contributed by atoms with Gasteiger partial charge in [0.25, 0.3) is 0 Å². The Morgan fingerprint density at radius 1 is 1.36 bits per heavy atom. The smallest absolute Gasteiger partial charge is 0.142 e. The van der Waals surface area contributed by atoms with Gasteiger partial charge in [0.05, 0.1) is 5.69 Å². The highest BCUT2D eigenvalue weighted by Crippen LogP contribution is 2.33. The monoisotopic (exact) mass is 191 g/mol. The largest absolute Gasteiger partial charge is 0.490 e. The van der Waals surface area contributed by atoms with Crippen LogP contribution in [0, 0.1) is 6.92 Å². The van der Waals surface area contributed by atoms with E-state index in [1.807, 2.05) is 0 Å². The fraction of sp³-hybridized carbons (Fsp3) is 0.500. The van der Waals surface area contributed by atoms with Crippen LogP contribution in [0.3, 0.4) is 0 Å². The Morgan fingerprint density at radius 3 is 2.86 bits per heavy atom. The van der Waals surface area contributed by atoms with E-state index >= 15 is 0 Å². The topological polar surface area (TPSA) is 21.3 Å². The molecule has 0 amide bonds. The van der Waals surface area contributed by atoms with E-state index in [4.69, 9.17) is 4.74 Å². The summed E-state index contributed by atoms with van der Waals surface area (Å²) in [6.45, 7) is 8.27. The molecular formula is C12H17NO. The van der Waals surface area contributed by atoms with Crippen molar-refractivity contribution < 1.29 is 4.74 Å². The normalized spacial score (nSPS) is 14.6. The standard InChI is InChI=1S/C12H17NO/c1-8(2)10-7-11-12(6-9(10)3)14-5-4-13-11/h6-8,13H,4-5H2,1-3H3. The number of benzene rings is 1. The first-order chi connectivity index (χ1) is 6.68. The molecule has 1 aliphatic rings.